The fourth-order valence-corrected chi connectivity index (χ4v) is 10.2. The number of carbonyl (C=O) groups is 1. The third kappa shape index (κ3) is 4.90. The number of carbonyl (C=O) groups excluding carboxylic acids is 1. The van der Waals surface area contributed by atoms with E-state index in [4.69, 9.17) is 16.2 Å². The number of nitrogens with two attached hydrogens (primary N) is 2. The Morgan fingerprint density at radius 2 is 1.82 bits per heavy atom. The molecule has 4 N–H and O–H groups in total. The highest BCUT2D eigenvalue weighted by Gasteiger charge is 2.60. The highest BCUT2D eigenvalue weighted by molar-refractivity contribution is 5.98. The zero-order chi connectivity index (χ0) is 27.1. The van der Waals surface area contributed by atoms with Gasteiger partial charge in [-0.3, -0.25) is 0 Å². The smallest absolute Gasteiger partial charge is 0.345 e. The molecule has 0 bridgehead atoms. The quantitative estimate of drug-likeness (QED) is 0.214. The summed E-state index contributed by atoms with van der Waals surface area (Å²) in [6.07, 6.45) is 19.8. The highest BCUT2D eigenvalue weighted by Crippen LogP contribution is 2.68. The van der Waals surface area contributed by atoms with Crippen LogP contribution in [0.2, 0.25) is 0 Å². The van der Waals surface area contributed by atoms with E-state index in [-0.39, 0.29) is 5.69 Å². The van der Waals surface area contributed by atoms with Crippen LogP contribution in [0.25, 0.3) is 0 Å². The molecule has 4 aliphatic rings. The van der Waals surface area contributed by atoms with Crippen molar-refractivity contribution in [1.29, 1.82) is 0 Å². The molecule has 4 saturated carbocycles. The second kappa shape index (κ2) is 10.9. The Hall–Kier alpha value is -1.97. The Balaban J connectivity index is 1.14. The molecule has 5 rings (SSSR count). The van der Waals surface area contributed by atoms with Crippen LogP contribution in [-0.2, 0) is 4.74 Å². The second-order valence-corrected chi connectivity index (χ2v) is 14.2. The highest BCUT2D eigenvalue weighted by atomic mass is 16.5. The molecule has 38 heavy (non-hydrogen) atoms. The normalized spacial score (nSPS) is 37.6. The number of esters is 1. The molecule has 0 saturated heterocycles. The van der Waals surface area contributed by atoms with Crippen LogP contribution in [0.1, 0.15) is 122 Å². The predicted octanol–water partition coefficient (Wildman–Crippen LogP) is 8.77. The van der Waals surface area contributed by atoms with Crippen molar-refractivity contribution >= 4 is 17.3 Å². The summed E-state index contributed by atoms with van der Waals surface area (Å²) < 4.78 is 5.43. The minimum Gasteiger partial charge on any atom is -0.431 e. The van der Waals surface area contributed by atoms with Crippen LogP contribution in [-0.4, -0.2) is 5.97 Å². The van der Waals surface area contributed by atoms with Crippen molar-refractivity contribution in [3.05, 3.63) is 35.6 Å². The minimum atomic E-state index is -0.445. The van der Waals surface area contributed by atoms with Crippen molar-refractivity contribution < 1.29 is 9.53 Å². The van der Waals surface area contributed by atoms with Crippen molar-refractivity contribution in [3.63, 3.8) is 0 Å². The molecule has 4 heteroatoms. The van der Waals surface area contributed by atoms with Gasteiger partial charge in [0.2, 0.25) is 0 Å². The molecule has 0 spiro atoms. The largest absolute Gasteiger partial charge is 0.431 e. The molecular formula is C34H52N2O2. The number of ether oxygens (including phenoxy) is 1. The van der Waals surface area contributed by atoms with Gasteiger partial charge < -0.3 is 16.2 Å². The Bertz CT molecular complexity index is 1050. The lowest BCUT2D eigenvalue weighted by Crippen LogP contribution is -2.53. The van der Waals surface area contributed by atoms with E-state index in [2.05, 4.69) is 27.7 Å². The summed E-state index contributed by atoms with van der Waals surface area (Å²) in [7, 11) is 0. The lowest BCUT2D eigenvalue weighted by atomic mass is 9.44. The van der Waals surface area contributed by atoms with E-state index < -0.39 is 5.97 Å². The van der Waals surface area contributed by atoms with Crippen LogP contribution < -0.4 is 11.5 Å². The average Bonchev–Trinajstić information content (AvgIpc) is 3.25. The number of anilines is 2. The molecule has 1 aromatic rings. The molecule has 1 aromatic carbocycles. The van der Waals surface area contributed by atoms with Crippen LogP contribution in [0.4, 0.5) is 11.4 Å². The van der Waals surface area contributed by atoms with Crippen molar-refractivity contribution in [2.24, 2.45) is 46.3 Å². The fraction of sp³-hybridized carbons (Fsp3) is 0.735. The van der Waals surface area contributed by atoms with Gasteiger partial charge in [0, 0.05) is 0 Å². The number of allylic oxidation sites excluding steroid dienone is 1. The maximum absolute atomic E-state index is 12.4. The molecular weight excluding hydrogens is 468 g/mol. The van der Waals surface area contributed by atoms with Crippen molar-refractivity contribution in [3.8, 4) is 0 Å². The Morgan fingerprint density at radius 3 is 2.63 bits per heavy atom. The number of benzene rings is 1. The monoisotopic (exact) mass is 520 g/mol. The first-order valence-corrected chi connectivity index (χ1v) is 15.7. The molecule has 0 heterocycles. The summed E-state index contributed by atoms with van der Waals surface area (Å²) in [5.41, 5.74) is 15.1. The first-order valence-electron chi connectivity index (χ1n) is 15.7. The first kappa shape index (κ1) is 27.6. The van der Waals surface area contributed by atoms with E-state index in [1.165, 1.54) is 70.6 Å². The summed E-state index contributed by atoms with van der Waals surface area (Å²) in [6.45, 7) is 9.95. The molecule has 210 valence electrons. The Labute approximate surface area is 231 Å². The van der Waals surface area contributed by atoms with Crippen molar-refractivity contribution in [2.45, 2.75) is 111 Å². The van der Waals surface area contributed by atoms with Gasteiger partial charge in [-0.05, 0) is 135 Å². The molecule has 4 fully saturated rings. The second-order valence-electron chi connectivity index (χ2n) is 14.2. The average molecular weight is 521 g/mol. The molecule has 0 amide bonds. The summed E-state index contributed by atoms with van der Waals surface area (Å²) >= 11 is 0. The Kier molecular flexibility index (Phi) is 7.91. The molecule has 4 aliphatic carbocycles. The van der Waals surface area contributed by atoms with E-state index >= 15 is 0 Å². The third-order valence-electron chi connectivity index (χ3n) is 12.3. The first-order chi connectivity index (χ1) is 18.1. The fourth-order valence-electron chi connectivity index (χ4n) is 10.2. The van der Waals surface area contributed by atoms with E-state index in [1.807, 2.05) is 0 Å². The maximum atomic E-state index is 12.4. The van der Waals surface area contributed by atoms with Crippen molar-refractivity contribution in [1.82, 2.24) is 0 Å². The molecule has 0 aromatic heterocycles. The number of rotatable bonds is 7. The topological polar surface area (TPSA) is 78.3 Å². The summed E-state index contributed by atoms with van der Waals surface area (Å²) in [5, 5.41) is 0. The molecule has 1 unspecified atom stereocenters. The zero-order valence-electron chi connectivity index (χ0n) is 24.4. The number of hydrogen-bond donors (Lipinski definition) is 2. The molecule has 0 aliphatic heterocycles. The van der Waals surface area contributed by atoms with E-state index in [0.717, 1.165) is 53.9 Å². The minimum absolute atomic E-state index is 0.288. The van der Waals surface area contributed by atoms with E-state index in [1.54, 1.807) is 24.5 Å². The van der Waals surface area contributed by atoms with E-state index in [0.29, 0.717) is 22.1 Å². The predicted molar refractivity (Wildman–Crippen MR) is 157 cm³/mol. The third-order valence-corrected chi connectivity index (χ3v) is 12.3. The number of para-hydroxylation sites is 1. The lowest BCUT2D eigenvalue weighted by Gasteiger charge is -2.61. The number of nitrogen functional groups attached to an aromatic ring is 2. The molecule has 0 radical (unpaired) electrons. The van der Waals surface area contributed by atoms with Gasteiger partial charge in [0.05, 0.1) is 23.2 Å². The van der Waals surface area contributed by atoms with Gasteiger partial charge in [0.15, 0.2) is 0 Å². The van der Waals surface area contributed by atoms with Gasteiger partial charge in [0.25, 0.3) is 0 Å². The van der Waals surface area contributed by atoms with Crippen LogP contribution in [0.15, 0.2) is 30.0 Å². The van der Waals surface area contributed by atoms with Crippen LogP contribution in [0, 0.1) is 46.3 Å². The standard InChI is InChI=1S/C34H52N2O2/c1-22(21-38-32(37)26-12-8-13-30(35)31(26)36)9-7-10-23(2)27-16-17-28-25-15-14-24-11-5-6-19-33(24,3)29(25)18-20-34(27,28)4/h8,12-13,21,23-25,27-29H,5-7,9-11,14-20,35-36H2,1-4H3/t23-,24?,25+,27-,28+,29+,33+,34-/m1/s1. The van der Waals surface area contributed by atoms with Gasteiger partial charge in [-0.25, -0.2) is 4.79 Å². The summed E-state index contributed by atoms with van der Waals surface area (Å²) in [6, 6.07) is 5.07. The molecule has 4 nitrogen and oxygen atoms in total. The zero-order valence-corrected chi connectivity index (χ0v) is 24.4. The van der Waals surface area contributed by atoms with Gasteiger partial charge in [-0.1, -0.05) is 46.1 Å². The maximum Gasteiger partial charge on any atom is 0.345 e. The SMILES string of the molecule is CC(=COC(=O)c1cccc(N)c1N)CCC[C@@H](C)[C@H]1CC[C@H]2[C@@H]3CCC4CCCC[C@]4(C)[C@H]3CC[C@]12C. The summed E-state index contributed by atoms with van der Waals surface area (Å²) in [5.74, 6) is 5.11. The van der Waals surface area contributed by atoms with Gasteiger partial charge in [-0.2, -0.15) is 0 Å². The van der Waals surface area contributed by atoms with Crippen LogP contribution in [0.3, 0.4) is 0 Å². The van der Waals surface area contributed by atoms with Gasteiger partial charge in [-0.15, -0.1) is 0 Å². The molecule has 8 atom stereocenters. The summed E-state index contributed by atoms with van der Waals surface area (Å²) in [4.78, 5) is 12.4. The van der Waals surface area contributed by atoms with Gasteiger partial charge >= 0.3 is 5.97 Å². The van der Waals surface area contributed by atoms with Gasteiger partial charge in [0.1, 0.15) is 0 Å². The number of fused-ring (bicyclic) bond motifs is 5. The lowest BCUT2D eigenvalue weighted by molar-refractivity contribution is -0.114. The Morgan fingerprint density at radius 1 is 1.03 bits per heavy atom. The van der Waals surface area contributed by atoms with Crippen LogP contribution >= 0.6 is 0 Å². The van der Waals surface area contributed by atoms with E-state index in [9.17, 15) is 4.79 Å². The van der Waals surface area contributed by atoms with Crippen molar-refractivity contribution in [2.75, 3.05) is 11.5 Å². The van der Waals surface area contributed by atoms with Crippen LogP contribution in [0.5, 0.6) is 0 Å². The number of hydrogen-bond acceptors (Lipinski definition) is 4.